The molecule has 1 heterocycles. The van der Waals surface area contributed by atoms with Gasteiger partial charge in [-0.2, -0.15) is 0 Å². The monoisotopic (exact) mass is 256 g/mol. The molecule has 0 saturated carbocycles. The van der Waals surface area contributed by atoms with Crippen LogP contribution in [-0.2, 0) is 9.47 Å². The van der Waals surface area contributed by atoms with Gasteiger partial charge in [-0.15, -0.1) is 0 Å². The summed E-state index contributed by atoms with van der Waals surface area (Å²) in [5.41, 5.74) is 0. The lowest BCUT2D eigenvalue weighted by Crippen LogP contribution is -2.35. The molecule has 18 heavy (non-hydrogen) atoms. The smallest absolute Gasteiger partial charge is 0.168 e. The maximum absolute atomic E-state index is 6.08. The molecule has 0 N–H and O–H groups in total. The molecule has 1 rings (SSSR count). The van der Waals surface area contributed by atoms with Gasteiger partial charge in [0.25, 0.3) is 0 Å². The van der Waals surface area contributed by atoms with E-state index in [-0.39, 0.29) is 5.79 Å². The summed E-state index contributed by atoms with van der Waals surface area (Å²) in [6.45, 7) is 6.28. The van der Waals surface area contributed by atoms with Crippen LogP contribution in [-0.4, -0.2) is 19.0 Å². The minimum atomic E-state index is -0.237. The SMILES string of the molecule is CCCCCCCC1(CCCC)OCCCCO1. The van der Waals surface area contributed by atoms with Crippen LogP contribution in [0.15, 0.2) is 0 Å². The van der Waals surface area contributed by atoms with Gasteiger partial charge in [0.1, 0.15) is 0 Å². The Morgan fingerprint density at radius 3 is 1.89 bits per heavy atom. The molecule has 0 unspecified atom stereocenters. The van der Waals surface area contributed by atoms with Gasteiger partial charge in [-0.05, 0) is 25.7 Å². The standard InChI is InChI=1S/C16H32O2/c1-3-5-7-8-9-13-16(12-6-4-2)17-14-10-11-15-18-16/h3-15H2,1-2H3. The fraction of sp³-hybridized carbons (Fsp3) is 1.00. The molecular weight excluding hydrogens is 224 g/mol. The Morgan fingerprint density at radius 2 is 1.28 bits per heavy atom. The molecule has 0 bridgehead atoms. The van der Waals surface area contributed by atoms with Crippen molar-refractivity contribution in [3.63, 3.8) is 0 Å². The van der Waals surface area contributed by atoms with E-state index in [4.69, 9.17) is 9.47 Å². The Labute approximate surface area is 113 Å². The van der Waals surface area contributed by atoms with E-state index in [1.165, 1.54) is 44.9 Å². The summed E-state index contributed by atoms with van der Waals surface area (Å²) in [7, 11) is 0. The summed E-state index contributed by atoms with van der Waals surface area (Å²) in [6, 6.07) is 0. The summed E-state index contributed by atoms with van der Waals surface area (Å²) in [4.78, 5) is 0. The molecular formula is C16H32O2. The first-order valence-electron chi connectivity index (χ1n) is 8.11. The van der Waals surface area contributed by atoms with Crippen LogP contribution in [0.3, 0.4) is 0 Å². The second-order valence-corrected chi connectivity index (χ2v) is 5.58. The van der Waals surface area contributed by atoms with Crippen molar-refractivity contribution >= 4 is 0 Å². The highest BCUT2D eigenvalue weighted by atomic mass is 16.7. The lowest BCUT2D eigenvalue weighted by Gasteiger charge is -2.32. The van der Waals surface area contributed by atoms with Crippen LogP contribution in [0.25, 0.3) is 0 Å². The Bertz CT molecular complexity index is 184. The summed E-state index contributed by atoms with van der Waals surface area (Å²) in [6.07, 6.45) is 13.6. The van der Waals surface area contributed by atoms with Gasteiger partial charge in [-0.1, -0.05) is 46.0 Å². The average molecular weight is 256 g/mol. The molecule has 0 aliphatic carbocycles. The van der Waals surface area contributed by atoms with E-state index in [1.54, 1.807) is 0 Å². The lowest BCUT2D eigenvalue weighted by molar-refractivity contribution is -0.234. The van der Waals surface area contributed by atoms with Crippen molar-refractivity contribution in [1.82, 2.24) is 0 Å². The quantitative estimate of drug-likeness (QED) is 0.537. The molecule has 1 fully saturated rings. The minimum Gasteiger partial charge on any atom is -0.350 e. The molecule has 0 aromatic carbocycles. The van der Waals surface area contributed by atoms with Gasteiger partial charge in [-0.25, -0.2) is 0 Å². The molecule has 1 saturated heterocycles. The van der Waals surface area contributed by atoms with Gasteiger partial charge in [0, 0.05) is 12.8 Å². The average Bonchev–Trinajstić information content (AvgIpc) is 2.62. The van der Waals surface area contributed by atoms with Crippen LogP contribution in [0.5, 0.6) is 0 Å². The zero-order valence-electron chi connectivity index (χ0n) is 12.5. The molecule has 0 aromatic rings. The number of unbranched alkanes of at least 4 members (excludes halogenated alkanes) is 5. The Morgan fingerprint density at radius 1 is 0.722 bits per heavy atom. The van der Waals surface area contributed by atoms with Crippen molar-refractivity contribution in [3.05, 3.63) is 0 Å². The molecule has 0 amide bonds. The highest BCUT2D eigenvalue weighted by Gasteiger charge is 2.32. The van der Waals surface area contributed by atoms with Gasteiger partial charge < -0.3 is 9.47 Å². The number of ether oxygens (including phenoxy) is 2. The summed E-state index contributed by atoms with van der Waals surface area (Å²) in [5.74, 6) is -0.237. The molecule has 0 aromatic heterocycles. The molecule has 0 spiro atoms. The fourth-order valence-corrected chi connectivity index (χ4v) is 2.62. The van der Waals surface area contributed by atoms with Crippen LogP contribution >= 0.6 is 0 Å². The van der Waals surface area contributed by atoms with Gasteiger partial charge in [0.2, 0.25) is 0 Å². The maximum atomic E-state index is 6.08. The van der Waals surface area contributed by atoms with E-state index in [0.29, 0.717) is 0 Å². The van der Waals surface area contributed by atoms with Crippen molar-refractivity contribution in [1.29, 1.82) is 0 Å². The van der Waals surface area contributed by atoms with Crippen LogP contribution < -0.4 is 0 Å². The van der Waals surface area contributed by atoms with Crippen molar-refractivity contribution < 1.29 is 9.47 Å². The number of hydrogen-bond donors (Lipinski definition) is 0. The molecule has 2 nitrogen and oxygen atoms in total. The molecule has 1 aliphatic heterocycles. The van der Waals surface area contributed by atoms with E-state index < -0.39 is 0 Å². The van der Waals surface area contributed by atoms with E-state index in [0.717, 1.165) is 38.9 Å². The van der Waals surface area contributed by atoms with Crippen LogP contribution in [0.2, 0.25) is 0 Å². The van der Waals surface area contributed by atoms with Gasteiger partial charge in [-0.3, -0.25) is 0 Å². The first-order valence-corrected chi connectivity index (χ1v) is 8.11. The van der Waals surface area contributed by atoms with Crippen molar-refractivity contribution in [2.75, 3.05) is 13.2 Å². The largest absolute Gasteiger partial charge is 0.350 e. The highest BCUT2D eigenvalue weighted by molar-refractivity contribution is 4.72. The van der Waals surface area contributed by atoms with Gasteiger partial charge >= 0.3 is 0 Å². The van der Waals surface area contributed by atoms with E-state index in [9.17, 15) is 0 Å². The second kappa shape index (κ2) is 9.80. The number of hydrogen-bond acceptors (Lipinski definition) is 2. The summed E-state index contributed by atoms with van der Waals surface area (Å²) in [5, 5.41) is 0. The second-order valence-electron chi connectivity index (χ2n) is 5.58. The van der Waals surface area contributed by atoms with E-state index >= 15 is 0 Å². The van der Waals surface area contributed by atoms with Gasteiger partial charge in [0.15, 0.2) is 5.79 Å². The van der Waals surface area contributed by atoms with Crippen molar-refractivity contribution in [2.24, 2.45) is 0 Å². The van der Waals surface area contributed by atoms with Crippen LogP contribution in [0.4, 0.5) is 0 Å². The zero-order chi connectivity index (χ0) is 13.1. The summed E-state index contributed by atoms with van der Waals surface area (Å²) >= 11 is 0. The van der Waals surface area contributed by atoms with Crippen LogP contribution in [0.1, 0.15) is 84.5 Å². The third-order valence-electron chi connectivity index (χ3n) is 3.84. The highest BCUT2D eigenvalue weighted by Crippen LogP contribution is 2.30. The molecule has 108 valence electrons. The first-order chi connectivity index (χ1) is 8.83. The molecule has 1 aliphatic rings. The topological polar surface area (TPSA) is 18.5 Å². The van der Waals surface area contributed by atoms with Gasteiger partial charge in [0.05, 0.1) is 13.2 Å². The van der Waals surface area contributed by atoms with Crippen molar-refractivity contribution in [2.45, 2.75) is 90.3 Å². The van der Waals surface area contributed by atoms with E-state index in [2.05, 4.69) is 13.8 Å². The molecule has 2 heteroatoms. The third-order valence-corrected chi connectivity index (χ3v) is 3.84. The minimum absolute atomic E-state index is 0.237. The van der Waals surface area contributed by atoms with E-state index in [1.807, 2.05) is 0 Å². The van der Waals surface area contributed by atoms with Crippen molar-refractivity contribution in [3.8, 4) is 0 Å². The Kier molecular flexibility index (Phi) is 8.70. The zero-order valence-corrected chi connectivity index (χ0v) is 12.5. The van der Waals surface area contributed by atoms with Crippen LogP contribution in [0, 0.1) is 0 Å². The number of rotatable bonds is 9. The first kappa shape index (κ1) is 16.0. The Hall–Kier alpha value is -0.0800. The molecule has 0 radical (unpaired) electrons. The summed E-state index contributed by atoms with van der Waals surface area (Å²) < 4.78 is 12.2. The fourth-order valence-electron chi connectivity index (χ4n) is 2.62. The predicted octanol–water partition coefficient (Wildman–Crippen LogP) is 5.06. The predicted molar refractivity (Wildman–Crippen MR) is 76.8 cm³/mol. The lowest BCUT2D eigenvalue weighted by atomic mass is 10.0. The Balaban J connectivity index is 2.33. The third kappa shape index (κ3) is 6.19. The maximum Gasteiger partial charge on any atom is 0.168 e. The molecule has 0 atom stereocenters. The normalized spacial score (nSPS) is 19.7.